The first-order valence-electron chi connectivity index (χ1n) is 5.92. The van der Waals surface area contributed by atoms with E-state index in [1.54, 1.807) is 0 Å². The molecule has 0 spiro atoms. The van der Waals surface area contributed by atoms with E-state index in [2.05, 4.69) is 0 Å². The number of alkyl halides is 3. The Balaban J connectivity index is 2.84. The lowest BCUT2D eigenvalue weighted by Crippen LogP contribution is -2.14. The summed E-state index contributed by atoms with van der Waals surface area (Å²) in [6, 6.07) is 0. The van der Waals surface area contributed by atoms with Crippen LogP contribution < -0.4 is 0 Å². The van der Waals surface area contributed by atoms with Crippen LogP contribution in [-0.4, -0.2) is 6.18 Å². The smallest absolute Gasteiger partial charge is 0.202 e. The van der Waals surface area contributed by atoms with Gasteiger partial charge in [-0.3, -0.25) is 0 Å². The molecule has 16 heavy (non-hydrogen) atoms. The molecule has 0 N–H and O–H groups in total. The maximum atomic E-state index is 13.3. The van der Waals surface area contributed by atoms with Gasteiger partial charge in [-0.05, 0) is 37.2 Å². The van der Waals surface area contributed by atoms with Crippen molar-refractivity contribution in [3.63, 3.8) is 0 Å². The molecule has 1 aliphatic carbocycles. The van der Waals surface area contributed by atoms with Gasteiger partial charge in [0.15, 0.2) is 0 Å². The number of rotatable bonds is 4. The average Bonchev–Trinajstić information content (AvgIpc) is 2.70. The second kappa shape index (κ2) is 5.69. The summed E-state index contributed by atoms with van der Waals surface area (Å²) in [6.45, 7) is 1.90. The first-order chi connectivity index (χ1) is 7.46. The summed E-state index contributed by atoms with van der Waals surface area (Å²) in [4.78, 5) is 0. The lowest BCUT2D eigenvalue weighted by atomic mass is 9.92. The van der Waals surface area contributed by atoms with Crippen LogP contribution in [0.3, 0.4) is 0 Å². The van der Waals surface area contributed by atoms with Gasteiger partial charge in [-0.25, -0.2) is 4.39 Å². The van der Waals surface area contributed by atoms with Crippen LogP contribution in [0.4, 0.5) is 17.6 Å². The average molecular weight is 238 g/mol. The van der Waals surface area contributed by atoms with Gasteiger partial charge in [-0.1, -0.05) is 26.2 Å². The summed E-state index contributed by atoms with van der Waals surface area (Å²) in [5.74, 6) is -2.00. The second-order valence-corrected chi connectivity index (χ2v) is 4.42. The number of allylic oxidation sites excluding steroid dienone is 2. The van der Waals surface area contributed by atoms with Gasteiger partial charge in [0.2, 0.25) is 5.83 Å². The molecule has 1 saturated carbocycles. The number of halogens is 4. The first kappa shape index (κ1) is 13.5. The number of unbranched alkanes of at least 4 members (excludes halogenated alkanes) is 1. The van der Waals surface area contributed by atoms with Crippen molar-refractivity contribution in [1.82, 2.24) is 0 Å². The standard InChI is InChI=1S/C12H18F4/c1-2-3-8-10(9-6-4-5-7-9)11(13)12(14,15)16/h9H,2-8H2,1H3/b11-10-. The highest BCUT2D eigenvalue weighted by atomic mass is 19.4. The molecule has 0 atom stereocenters. The second-order valence-electron chi connectivity index (χ2n) is 4.42. The fourth-order valence-electron chi connectivity index (χ4n) is 2.32. The molecule has 0 radical (unpaired) electrons. The zero-order valence-electron chi connectivity index (χ0n) is 9.54. The molecular weight excluding hydrogens is 220 g/mol. The van der Waals surface area contributed by atoms with E-state index in [4.69, 9.17) is 0 Å². The van der Waals surface area contributed by atoms with Crippen LogP contribution in [0.5, 0.6) is 0 Å². The minimum absolute atomic E-state index is 0.0202. The Morgan fingerprint density at radius 2 is 1.75 bits per heavy atom. The van der Waals surface area contributed by atoms with Crippen molar-refractivity contribution >= 4 is 0 Å². The van der Waals surface area contributed by atoms with E-state index in [1.165, 1.54) is 0 Å². The van der Waals surface area contributed by atoms with Crippen LogP contribution in [-0.2, 0) is 0 Å². The van der Waals surface area contributed by atoms with Gasteiger partial charge in [0.1, 0.15) is 0 Å². The quantitative estimate of drug-likeness (QED) is 0.594. The zero-order valence-corrected chi connectivity index (χ0v) is 9.54. The molecule has 0 aromatic heterocycles. The molecule has 0 saturated heterocycles. The number of hydrogen-bond donors (Lipinski definition) is 0. The first-order valence-corrected chi connectivity index (χ1v) is 5.92. The van der Waals surface area contributed by atoms with Crippen LogP contribution in [0.2, 0.25) is 0 Å². The molecule has 1 rings (SSSR count). The lowest BCUT2D eigenvalue weighted by Gasteiger charge is -2.17. The SMILES string of the molecule is CCCC/C(=C(/F)C(F)(F)F)C1CCCC1. The Morgan fingerprint density at radius 3 is 2.19 bits per heavy atom. The summed E-state index contributed by atoms with van der Waals surface area (Å²) >= 11 is 0. The number of hydrogen-bond acceptors (Lipinski definition) is 0. The molecule has 0 heterocycles. The molecular formula is C12H18F4. The third-order valence-electron chi connectivity index (χ3n) is 3.18. The fourth-order valence-corrected chi connectivity index (χ4v) is 2.32. The van der Waals surface area contributed by atoms with Crippen molar-refractivity contribution in [3.8, 4) is 0 Å². The van der Waals surface area contributed by atoms with Crippen LogP contribution in [0.1, 0.15) is 51.9 Å². The minimum Gasteiger partial charge on any atom is -0.202 e. The molecule has 94 valence electrons. The Labute approximate surface area is 93.7 Å². The van der Waals surface area contributed by atoms with E-state index in [9.17, 15) is 17.6 Å². The molecule has 4 heteroatoms. The molecule has 0 aromatic rings. The third-order valence-corrected chi connectivity index (χ3v) is 3.18. The highest BCUT2D eigenvalue weighted by Gasteiger charge is 2.39. The molecule has 1 aliphatic rings. The van der Waals surface area contributed by atoms with Gasteiger partial charge < -0.3 is 0 Å². The molecule has 0 aliphatic heterocycles. The largest absolute Gasteiger partial charge is 0.442 e. The monoisotopic (exact) mass is 238 g/mol. The molecule has 0 aromatic carbocycles. The van der Waals surface area contributed by atoms with Crippen LogP contribution in [0, 0.1) is 5.92 Å². The molecule has 0 unspecified atom stereocenters. The van der Waals surface area contributed by atoms with Gasteiger partial charge in [-0.2, -0.15) is 13.2 Å². The van der Waals surface area contributed by atoms with Gasteiger partial charge in [0, 0.05) is 0 Å². The predicted octanol–water partition coefficient (Wildman–Crippen LogP) is 5.15. The van der Waals surface area contributed by atoms with Crippen LogP contribution in [0.15, 0.2) is 11.4 Å². The Morgan fingerprint density at radius 1 is 1.19 bits per heavy atom. The molecule has 1 fully saturated rings. The van der Waals surface area contributed by atoms with Gasteiger partial charge in [0.25, 0.3) is 0 Å². The summed E-state index contributed by atoms with van der Waals surface area (Å²) in [5.41, 5.74) is 0.0202. The Kier molecular flexibility index (Phi) is 4.81. The summed E-state index contributed by atoms with van der Waals surface area (Å²) < 4.78 is 50.3. The Bertz CT molecular complexity index is 246. The van der Waals surface area contributed by atoms with Crippen LogP contribution >= 0.6 is 0 Å². The molecule has 0 amide bonds. The topological polar surface area (TPSA) is 0 Å². The van der Waals surface area contributed by atoms with E-state index in [0.717, 1.165) is 19.3 Å². The van der Waals surface area contributed by atoms with Crippen molar-refractivity contribution in [1.29, 1.82) is 0 Å². The summed E-state index contributed by atoms with van der Waals surface area (Å²) in [5, 5.41) is 0. The van der Waals surface area contributed by atoms with E-state index in [1.807, 2.05) is 6.92 Å². The van der Waals surface area contributed by atoms with Crippen molar-refractivity contribution in [3.05, 3.63) is 11.4 Å². The van der Waals surface area contributed by atoms with Gasteiger partial charge in [0.05, 0.1) is 0 Å². The maximum absolute atomic E-state index is 13.3. The van der Waals surface area contributed by atoms with E-state index in [0.29, 0.717) is 19.3 Å². The highest BCUT2D eigenvalue weighted by molar-refractivity contribution is 5.16. The Hall–Kier alpha value is -0.540. The zero-order chi connectivity index (χ0) is 12.2. The van der Waals surface area contributed by atoms with E-state index >= 15 is 0 Å². The normalized spacial score (nSPS) is 20.1. The van der Waals surface area contributed by atoms with Crippen molar-refractivity contribution in [2.45, 2.75) is 58.0 Å². The van der Waals surface area contributed by atoms with Crippen molar-refractivity contribution in [2.75, 3.05) is 0 Å². The predicted molar refractivity (Wildman–Crippen MR) is 55.7 cm³/mol. The summed E-state index contributed by atoms with van der Waals surface area (Å²) in [6.07, 6.45) is 0.150. The summed E-state index contributed by atoms with van der Waals surface area (Å²) in [7, 11) is 0. The van der Waals surface area contributed by atoms with Gasteiger partial charge >= 0.3 is 6.18 Å². The van der Waals surface area contributed by atoms with E-state index < -0.39 is 12.0 Å². The molecule has 0 bridgehead atoms. The van der Waals surface area contributed by atoms with E-state index in [-0.39, 0.29) is 17.9 Å². The van der Waals surface area contributed by atoms with Gasteiger partial charge in [-0.15, -0.1) is 0 Å². The molecule has 0 nitrogen and oxygen atoms in total. The minimum atomic E-state index is -4.80. The highest BCUT2D eigenvalue weighted by Crippen LogP contribution is 2.40. The lowest BCUT2D eigenvalue weighted by molar-refractivity contribution is -0.110. The maximum Gasteiger partial charge on any atom is 0.442 e. The third kappa shape index (κ3) is 3.49. The van der Waals surface area contributed by atoms with Crippen molar-refractivity contribution < 1.29 is 17.6 Å². The fraction of sp³-hybridized carbons (Fsp3) is 0.833. The van der Waals surface area contributed by atoms with Crippen molar-refractivity contribution in [2.24, 2.45) is 5.92 Å². The van der Waals surface area contributed by atoms with Crippen LogP contribution in [0.25, 0.3) is 0 Å².